The van der Waals surface area contributed by atoms with E-state index in [2.05, 4.69) is 21.1 Å². The van der Waals surface area contributed by atoms with Crippen molar-refractivity contribution in [2.75, 3.05) is 32.1 Å². The molecule has 1 heterocycles. The minimum atomic E-state index is -2.61. The maximum absolute atomic E-state index is 13.6. The maximum atomic E-state index is 13.6. The van der Waals surface area contributed by atoms with E-state index in [1.165, 1.54) is 30.1 Å². The van der Waals surface area contributed by atoms with E-state index in [1.54, 1.807) is 6.07 Å². The molecule has 0 bridgehead atoms. The Morgan fingerprint density at radius 3 is 2.62 bits per heavy atom. The van der Waals surface area contributed by atoms with Crippen LogP contribution in [0.1, 0.15) is 5.56 Å². The lowest BCUT2D eigenvalue weighted by molar-refractivity contribution is 0.109. The molecule has 3 aromatic rings. The van der Waals surface area contributed by atoms with Crippen molar-refractivity contribution < 1.29 is 32.0 Å². The Kier molecular flexibility index (Phi) is 10.2. The molecule has 3 amide bonds. The molecule has 1 aromatic heterocycles. The average molecular weight is 540 g/mol. The maximum Gasteiger partial charge on any atom is 0.412 e. The van der Waals surface area contributed by atoms with Gasteiger partial charge in [-0.25, -0.2) is 22.8 Å². The fraction of sp³-hybridized carbons (Fsp3) is 0.292. The molecule has 3 N–H and O–H groups in total. The fourth-order valence-corrected chi connectivity index (χ4v) is 3.39. The molecular formula is C24H25ClF3N5O4. The van der Waals surface area contributed by atoms with Crippen molar-refractivity contribution in [3.05, 3.63) is 71.0 Å². The fourth-order valence-electron chi connectivity index (χ4n) is 3.20. The molecule has 1 unspecified atom stereocenters. The van der Waals surface area contributed by atoms with Crippen LogP contribution in [0.15, 0.2) is 59.1 Å². The number of nitrogens with one attached hydrogen (secondary N) is 3. The summed E-state index contributed by atoms with van der Waals surface area (Å²) >= 11 is 5.91. The average Bonchev–Trinajstić information content (AvgIpc) is 3.35. The van der Waals surface area contributed by atoms with Gasteiger partial charge in [-0.15, -0.1) is 0 Å². The van der Waals surface area contributed by atoms with Crippen molar-refractivity contribution >= 4 is 29.5 Å². The number of hydrogen-bond donors (Lipinski definition) is 3. The number of alkyl halides is 2. The number of benzene rings is 2. The van der Waals surface area contributed by atoms with Crippen LogP contribution >= 0.6 is 11.6 Å². The number of ether oxygens (including phenoxy) is 1. The van der Waals surface area contributed by atoms with E-state index in [-0.39, 0.29) is 30.5 Å². The van der Waals surface area contributed by atoms with Crippen LogP contribution in [0.25, 0.3) is 11.3 Å². The van der Waals surface area contributed by atoms with E-state index in [0.29, 0.717) is 11.3 Å². The van der Waals surface area contributed by atoms with E-state index >= 15 is 0 Å². The molecule has 13 heteroatoms. The summed E-state index contributed by atoms with van der Waals surface area (Å²) in [4.78, 5) is 26.1. The molecule has 0 saturated carbocycles. The molecule has 0 spiro atoms. The number of anilines is 1. The molecule has 3 rings (SSSR count). The van der Waals surface area contributed by atoms with Crippen LogP contribution in [0, 0.1) is 5.82 Å². The normalized spacial score (nSPS) is 11.7. The van der Waals surface area contributed by atoms with Gasteiger partial charge in [-0.05, 0) is 11.6 Å². The van der Waals surface area contributed by atoms with Gasteiger partial charge in [-0.2, -0.15) is 0 Å². The second-order valence-corrected chi connectivity index (χ2v) is 8.23. The van der Waals surface area contributed by atoms with Crippen molar-refractivity contribution in [3.63, 3.8) is 0 Å². The minimum Gasteiger partial charge on any atom is -0.447 e. The highest BCUT2D eigenvalue weighted by molar-refractivity contribution is 6.31. The minimum absolute atomic E-state index is 0.0752. The number of amides is 3. The van der Waals surface area contributed by atoms with Crippen LogP contribution in [-0.4, -0.2) is 61.4 Å². The number of aromatic nitrogens is 1. The lowest BCUT2D eigenvalue weighted by Gasteiger charge is -2.28. The van der Waals surface area contributed by atoms with Gasteiger partial charge < -0.3 is 24.8 Å². The van der Waals surface area contributed by atoms with Gasteiger partial charge >= 0.3 is 12.1 Å². The number of likely N-dealkylation sites (N-methyl/N-ethyl adjacent to an activating group) is 1. The third-order valence-electron chi connectivity index (χ3n) is 5.21. The number of carbonyl (C=O) groups excluding carboxylic acids is 2. The highest BCUT2D eigenvalue weighted by Gasteiger charge is 2.23. The van der Waals surface area contributed by atoms with Crippen molar-refractivity contribution in [3.8, 4) is 11.3 Å². The van der Waals surface area contributed by atoms with Crippen LogP contribution in [0.3, 0.4) is 0 Å². The van der Waals surface area contributed by atoms with E-state index < -0.39 is 37.0 Å². The smallest absolute Gasteiger partial charge is 0.412 e. The van der Waals surface area contributed by atoms with E-state index in [0.717, 1.165) is 5.56 Å². The number of nitrogens with zero attached hydrogens (tertiary/aromatic N) is 2. The Morgan fingerprint density at radius 1 is 1.14 bits per heavy atom. The first-order valence-electron chi connectivity index (χ1n) is 11.1. The zero-order valence-corrected chi connectivity index (χ0v) is 20.5. The lowest BCUT2D eigenvalue weighted by atomic mass is 10.2. The number of halogens is 4. The van der Waals surface area contributed by atoms with Crippen LogP contribution in [-0.2, 0) is 11.3 Å². The first kappa shape index (κ1) is 27.8. The van der Waals surface area contributed by atoms with Crippen LogP contribution < -0.4 is 16.0 Å². The second-order valence-electron chi connectivity index (χ2n) is 7.85. The Balaban J connectivity index is 1.56. The highest BCUT2D eigenvalue weighted by atomic mass is 35.5. The standard InChI is InChI=1S/C24H25ClF3N5O4/c1-33(23(34)30-11-16-8-5-9-18(26)22(16)25)17(12-29-13-20(27)28)14-36-24(35)31-21-10-19(37-32-21)15-6-3-2-4-7-15/h2-10,17,20,29H,11-14H2,1H3,(H,30,34)(H,31,32,35). The third kappa shape index (κ3) is 8.40. The Morgan fingerprint density at radius 2 is 1.89 bits per heavy atom. The van der Waals surface area contributed by atoms with Crippen molar-refractivity contribution in [1.82, 2.24) is 20.7 Å². The molecule has 198 valence electrons. The van der Waals surface area contributed by atoms with Gasteiger partial charge in [0.05, 0.1) is 17.6 Å². The van der Waals surface area contributed by atoms with Crippen LogP contribution in [0.2, 0.25) is 5.02 Å². The van der Waals surface area contributed by atoms with Gasteiger partial charge in [0.25, 0.3) is 6.43 Å². The highest BCUT2D eigenvalue weighted by Crippen LogP contribution is 2.22. The molecule has 0 aliphatic rings. The number of carbonyl (C=O) groups is 2. The largest absolute Gasteiger partial charge is 0.447 e. The van der Waals surface area contributed by atoms with Gasteiger partial charge in [0.2, 0.25) is 0 Å². The van der Waals surface area contributed by atoms with Gasteiger partial charge in [0.15, 0.2) is 11.6 Å². The zero-order valence-electron chi connectivity index (χ0n) is 19.7. The van der Waals surface area contributed by atoms with Crippen LogP contribution in [0.5, 0.6) is 0 Å². The molecule has 0 saturated heterocycles. The topological polar surface area (TPSA) is 109 Å². The van der Waals surface area contributed by atoms with Gasteiger partial charge in [0.1, 0.15) is 12.4 Å². The van der Waals surface area contributed by atoms with Crippen molar-refractivity contribution in [2.24, 2.45) is 0 Å². The first-order chi connectivity index (χ1) is 17.7. The summed E-state index contributed by atoms with van der Waals surface area (Å²) in [5, 5.41) is 11.2. The molecular weight excluding hydrogens is 515 g/mol. The molecule has 0 aliphatic carbocycles. The van der Waals surface area contributed by atoms with Gasteiger partial charge in [0, 0.05) is 31.8 Å². The van der Waals surface area contributed by atoms with Crippen molar-refractivity contribution in [2.45, 2.75) is 19.0 Å². The molecule has 0 fully saturated rings. The summed E-state index contributed by atoms with van der Waals surface area (Å²) in [5.41, 5.74) is 1.11. The van der Waals surface area contributed by atoms with E-state index in [1.807, 2.05) is 30.3 Å². The SMILES string of the molecule is CN(C(=O)NCc1cccc(F)c1Cl)C(CNCC(F)F)COC(=O)Nc1cc(-c2ccccc2)on1. The summed E-state index contributed by atoms with van der Waals surface area (Å²) in [6.07, 6.45) is -3.49. The van der Waals surface area contributed by atoms with E-state index in [4.69, 9.17) is 20.9 Å². The Labute approximate surface area is 215 Å². The molecule has 37 heavy (non-hydrogen) atoms. The number of rotatable bonds is 11. The summed E-state index contributed by atoms with van der Waals surface area (Å²) in [6.45, 7) is -1.10. The molecule has 1 atom stereocenters. The summed E-state index contributed by atoms with van der Waals surface area (Å²) in [6, 6.07) is 13.4. The summed E-state index contributed by atoms with van der Waals surface area (Å²) in [5.74, 6) is -0.0904. The molecule has 0 aliphatic heterocycles. The first-order valence-corrected chi connectivity index (χ1v) is 11.5. The quantitative estimate of drug-likeness (QED) is 0.324. The van der Waals surface area contributed by atoms with Gasteiger partial charge in [-0.1, -0.05) is 59.2 Å². The van der Waals surface area contributed by atoms with E-state index in [9.17, 15) is 22.8 Å². The zero-order chi connectivity index (χ0) is 26.8. The molecule has 2 aromatic carbocycles. The number of urea groups is 1. The summed E-state index contributed by atoms with van der Waals surface area (Å²) < 4.78 is 49.2. The lowest BCUT2D eigenvalue weighted by Crippen LogP contribution is -2.50. The molecule has 0 radical (unpaired) electrons. The van der Waals surface area contributed by atoms with Gasteiger partial charge in [-0.3, -0.25) is 5.32 Å². The number of hydrogen-bond acceptors (Lipinski definition) is 6. The Hall–Kier alpha value is -3.77. The predicted octanol–water partition coefficient (Wildman–Crippen LogP) is 4.75. The summed E-state index contributed by atoms with van der Waals surface area (Å²) in [7, 11) is 1.41. The Bertz CT molecular complexity index is 1180. The monoisotopic (exact) mass is 539 g/mol. The van der Waals surface area contributed by atoms with Crippen molar-refractivity contribution in [1.29, 1.82) is 0 Å². The third-order valence-corrected chi connectivity index (χ3v) is 5.64. The second kappa shape index (κ2) is 13.5. The predicted molar refractivity (Wildman–Crippen MR) is 131 cm³/mol. The molecule has 9 nitrogen and oxygen atoms in total. The van der Waals surface area contributed by atoms with Crippen LogP contribution in [0.4, 0.5) is 28.6 Å².